The van der Waals surface area contributed by atoms with Crippen LogP contribution in [-0.4, -0.2) is 47.8 Å². The Balaban J connectivity index is 1.77. The molecule has 2 heterocycles. The first-order valence-corrected chi connectivity index (χ1v) is 9.59. The van der Waals surface area contributed by atoms with Crippen LogP contribution in [-0.2, 0) is 6.54 Å². The third kappa shape index (κ3) is 4.80. The van der Waals surface area contributed by atoms with Gasteiger partial charge in [-0.15, -0.1) is 11.3 Å². The number of rotatable bonds is 8. The summed E-state index contributed by atoms with van der Waals surface area (Å²) in [6.07, 6.45) is 2.77. The molecule has 5 nitrogen and oxygen atoms in total. The Morgan fingerprint density at radius 2 is 2.00 bits per heavy atom. The molecule has 0 radical (unpaired) electrons. The number of aromatic nitrogens is 2. The first-order valence-electron chi connectivity index (χ1n) is 8.71. The molecule has 6 heteroatoms. The molecule has 136 valence electrons. The highest BCUT2D eigenvalue weighted by molar-refractivity contribution is 7.13. The molecule has 1 N–H and O–H groups in total. The monoisotopic (exact) mass is 368 g/mol. The van der Waals surface area contributed by atoms with Crippen LogP contribution >= 0.6 is 11.3 Å². The third-order valence-corrected chi connectivity index (χ3v) is 4.89. The number of hydrogen-bond donors (Lipinski definition) is 1. The highest BCUT2D eigenvalue weighted by Gasteiger charge is 2.18. The van der Waals surface area contributed by atoms with Gasteiger partial charge in [-0.05, 0) is 44.1 Å². The fraction of sp³-hybridized carbons (Fsp3) is 0.300. The second kappa shape index (κ2) is 8.78. The van der Waals surface area contributed by atoms with Crippen LogP contribution in [0.1, 0.15) is 22.3 Å². The lowest BCUT2D eigenvalue weighted by atomic mass is 10.2. The lowest BCUT2D eigenvalue weighted by Gasteiger charge is -2.09. The molecule has 0 saturated heterocycles. The van der Waals surface area contributed by atoms with Crippen molar-refractivity contribution in [3.63, 3.8) is 0 Å². The van der Waals surface area contributed by atoms with Crippen LogP contribution in [0.5, 0.6) is 0 Å². The van der Waals surface area contributed by atoms with Crippen LogP contribution in [0.25, 0.3) is 10.6 Å². The van der Waals surface area contributed by atoms with Gasteiger partial charge in [0.05, 0.1) is 17.0 Å². The summed E-state index contributed by atoms with van der Waals surface area (Å²) in [6, 6.07) is 14.1. The van der Waals surface area contributed by atoms with E-state index in [2.05, 4.69) is 27.4 Å². The number of amides is 1. The Hall–Kier alpha value is -2.44. The number of carbonyl (C=O) groups excluding carboxylic acids is 1. The fourth-order valence-electron chi connectivity index (χ4n) is 2.73. The average molecular weight is 369 g/mol. The number of benzene rings is 1. The van der Waals surface area contributed by atoms with E-state index in [9.17, 15) is 4.79 Å². The minimum absolute atomic E-state index is 0.0635. The third-order valence-electron chi connectivity index (χ3n) is 4.02. The molecule has 0 saturated carbocycles. The second-order valence-electron chi connectivity index (χ2n) is 6.46. The van der Waals surface area contributed by atoms with Gasteiger partial charge in [0, 0.05) is 12.7 Å². The van der Waals surface area contributed by atoms with E-state index in [0.717, 1.165) is 29.1 Å². The summed E-state index contributed by atoms with van der Waals surface area (Å²) in [5.74, 6) is -0.0635. The molecule has 2 aromatic heterocycles. The Kier molecular flexibility index (Phi) is 6.20. The lowest BCUT2D eigenvalue weighted by Crippen LogP contribution is -2.27. The molecule has 26 heavy (non-hydrogen) atoms. The van der Waals surface area contributed by atoms with E-state index in [1.165, 1.54) is 0 Å². The number of carbonyl (C=O) groups is 1. The molecule has 0 bridgehead atoms. The van der Waals surface area contributed by atoms with E-state index >= 15 is 0 Å². The summed E-state index contributed by atoms with van der Waals surface area (Å²) < 4.78 is 1.85. The van der Waals surface area contributed by atoms with Crippen LogP contribution in [0.15, 0.2) is 54.0 Å². The fourth-order valence-corrected chi connectivity index (χ4v) is 3.45. The van der Waals surface area contributed by atoms with E-state index in [1.54, 1.807) is 11.3 Å². The smallest absolute Gasteiger partial charge is 0.255 e. The molecular weight excluding hydrogens is 344 g/mol. The molecule has 3 aromatic rings. The van der Waals surface area contributed by atoms with Crippen molar-refractivity contribution in [2.45, 2.75) is 13.0 Å². The van der Waals surface area contributed by atoms with Gasteiger partial charge in [0.1, 0.15) is 5.69 Å². The van der Waals surface area contributed by atoms with Crippen molar-refractivity contribution in [2.75, 3.05) is 27.2 Å². The van der Waals surface area contributed by atoms with Crippen LogP contribution in [0.3, 0.4) is 0 Å². The van der Waals surface area contributed by atoms with Crippen LogP contribution in [0.4, 0.5) is 0 Å². The van der Waals surface area contributed by atoms with Gasteiger partial charge in [-0.2, -0.15) is 5.10 Å². The van der Waals surface area contributed by atoms with Gasteiger partial charge in [-0.3, -0.25) is 9.48 Å². The Labute approximate surface area is 158 Å². The normalized spacial score (nSPS) is 11.0. The second-order valence-corrected chi connectivity index (χ2v) is 7.41. The molecule has 0 atom stereocenters. The van der Waals surface area contributed by atoms with Crippen molar-refractivity contribution in [3.05, 3.63) is 65.2 Å². The Morgan fingerprint density at radius 1 is 1.19 bits per heavy atom. The molecule has 1 amide bonds. The van der Waals surface area contributed by atoms with Crippen molar-refractivity contribution in [1.82, 2.24) is 20.0 Å². The van der Waals surface area contributed by atoms with Crippen molar-refractivity contribution in [1.29, 1.82) is 0 Å². The largest absolute Gasteiger partial charge is 0.352 e. The van der Waals surface area contributed by atoms with E-state index < -0.39 is 0 Å². The zero-order valence-corrected chi connectivity index (χ0v) is 16.0. The lowest BCUT2D eigenvalue weighted by molar-refractivity contribution is 0.0953. The van der Waals surface area contributed by atoms with E-state index in [1.807, 2.05) is 60.7 Å². The maximum absolute atomic E-state index is 12.7. The first-order chi connectivity index (χ1) is 12.6. The highest BCUT2D eigenvalue weighted by atomic mass is 32.1. The SMILES string of the molecule is CN(C)CCCNC(=O)c1cn(Cc2ccccc2)nc1-c1cccs1. The zero-order valence-electron chi connectivity index (χ0n) is 15.2. The predicted molar refractivity (Wildman–Crippen MR) is 107 cm³/mol. The minimum atomic E-state index is -0.0635. The van der Waals surface area contributed by atoms with Crippen molar-refractivity contribution < 1.29 is 4.79 Å². The molecule has 0 unspecified atom stereocenters. The number of nitrogens with zero attached hydrogens (tertiary/aromatic N) is 3. The quantitative estimate of drug-likeness (QED) is 0.621. The van der Waals surface area contributed by atoms with Crippen molar-refractivity contribution >= 4 is 17.2 Å². The summed E-state index contributed by atoms with van der Waals surface area (Å²) in [6.45, 7) is 2.25. The number of hydrogen-bond acceptors (Lipinski definition) is 4. The molecule has 0 aliphatic carbocycles. The Morgan fingerprint density at radius 3 is 2.69 bits per heavy atom. The van der Waals surface area contributed by atoms with Crippen molar-refractivity contribution in [3.8, 4) is 10.6 Å². The first kappa shape index (κ1) is 18.4. The van der Waals surface area contributed by atoms with E-state index in [4.69, 9.17) is 0 Å². The molecular formula is C20H24N4OS. The average Bonchev–Trinajstić information content (AvgIpc) is 3.28. The van der Waals surface area contributed by atoms with Gasteiger partial charge in [-0.1, -0.05) is 36.4 Å². The van der Waals surface area contributed by atoms with Crippen LogP contribution < -0.4 is 5.32 Å². The van der Waals surface area contributed by atoms with E-state index in [-0.39, 0.29) is 5.91 Å². The molecule has 3 rings (SSSR count). The molecule has 0 aliphatic rings. The summed E-state index contributed by atoms with van der Waals surface area (Å²) in [5.41, 5.74) is 2.54. The van der Waals surface area contributed by atoms with Gasteiger partial charge in [-0.25, -0.2) is 0 Å². The summed E-state index contributed by atoms with van der Waals surface area (Å²) >= 11 is 1.60. The minimum Gasteiger partial charge on any atom is -0.352 e. The van der Waals surface area contributed by atoms with Crippen LogP contribution in [0, 0.1) is 0 Å². The number of thiophene rings is 1. The summed E-state index contributed by atoms with van der Waals surface area (Å²) in [5, 5.41) is 9.71. The standard InChI is InChI=1S/C20H24N4OS/c1-23(2)12-7-11-21-20(25)17-15-24(14-16-8-4-3-5-9-16)22-19(17)18-10-6-13-26-18/h3-6,8-10,13,15H,7,11-12,14H2,1-2H3,(H,21,25). The molecule has 1 aromatic carbocycles. The number of nitrogens with one attached hydrogen (secondary N) is 1. The van der Waals surface area contributed by atoms with Gasteiger partial charge in [0.25, 0.3) is 5.91 Å². The maximum Gasteiger partial charge on any atom is 0.255 e. The van der Waals surface area contributed by atoms with Crippen molar-refractivity contribution in [2.24, 2.45) is 0 Å². The Bertz CT molecular complexity index is 825. The van der Waals surface area contributed by atoms with Gasteiger partial charge < -0.3 is 10.2 Å². The topological polar surface area (TPSA) is 50.2 Å². The highest BCUT2D eigenvalue weighted by Crippen LogP contribution is 2.27. The van der Waals surface area contributed by atoms with Gasteiger partial charge >= 0.3 is 0 Å². The zero-order chi connectivity index (χ0) is 18.4. The maximum atomic E-state index is 12.7. The summed E-state index contributed by atoms with van der Waals surface area (Å²) in [7, 11) is 4.06. The van der Waals surface area contributed by atoms with Crippen LogP contribution in [0.2, 0.25) is 0 Å². The predicted octanol–water partition coefficient (Wildman–Crippen LogP) is 3.34. The van der Waals surface area contributed by atoms with E-state index in [0.29, 0.717) is 18.7 Å². The summed E-state index contributed by atoms with van der Waals surface area (Å²) in [4.78, 5) is 15.8. The van der Waals surface area contributed by atoms with Gasteiger partial charge in [0.15, 0.2) is 0 Å². The molecule has 0 fully saturated rings. The van der Waals surface area contributed by atoms with Gasteiger partial charge in [0.2, 0.25) is 0 Å². The molecule has 0 aliphatic heterocycles. The molecule has 0 spiro atoms.